The number of amides is 1. The van der Waals surface area contributed by atoms with Gasteiger partial charge in [-0.3, -0.25) is 4.79 Å². The highest BCUT2D eigenvalue weighted by molar-refractivity contribution is 5.79. The van der Waals surface area contributed by atoms with Crippen LogP contribution in [-0.2, 0) is 4.79 Å². The highest BCUT2D eigenvalue weighted by Gasteiger charge is 2.29. The van der Waals surface area contributed by atoms with Crippen molar-refractivity contribution in [2.75, 3.05) is 19.6 Å². The average Bonchev–Trinajstić information content (AvgIpc) is 2.26. The number of piperidine rings is 1. The van der Waals surface area contributed by atoms with Gasteiger partial charge in [-0.15, -0.1) is 0 Å². The van der Waals surface area contributed by atoms with Gasteiger partial charge in [0.25, 0.3) is 5.91 Å². The summed E-state index contributed by atoms with van der Waals surface area (Å²) in [6.45, 7) is 3.95. The van der Waals surface area contributed by atoms with E-state index in [1.54, 1.807) is 0 Å². The molecule has 0 aliphatic carbocycles. The van der Waals surface area contributed by atoms with Crippen molar-refractivity contribution >= 4 is 5.91 Å². The lowest BCUT2D eigenvalue weighted by atomic mass is 10.0. The van der Waals surface area contributed by atoms with Gasteiger partial charge in [0.15, 0.2) is 0 Å². The van der Waals surface area contributed by atoms with Crippen LogP contribution in [0, 0.1) is 0 Å². The number of carbonyl (C=O) groups excluding carboxylic acids is 1. The van der Waals surface area contributed by atoms with Crippen LogP contribution in [0.15, 0.2) is 0 Å². The van der Waals surface area contributed by atoms with Gasteiger partial charge >= 0.3 is 6.43 Å². The predicted molar refractivity (Wildman–Crippen MR) is 53.9 cm³/mol. The molecule has 1 N–H and O–H groups in total. The van der Waals surface area contributed by atoms with Gasteiger partial charge in [-0.25, -0.2) is 0 Å². The van der Waals surface area contributed by atoms with Gasteiger partial charge in [-0.2, -0.15) is 8.78 Å². The molecular formula is C10H18F2N2O. The summed E-state index contributed by atoms with van der Waals surface area (Å²) in [6, 6.07) is -0.00676. The van der Waals surface area contributed by atoms with Gasteiger partial charge in [0, 0.05) is 12.6 Å². The molecule has 1 heterocycles. The molecule has 0 unspecified atom stereocenters. The van der Waals surface area contributed by atoms with E-state index in [1.165, 1.54) is 4.90 Å². The maximum atomic E-state index is 12.3. The van der Waals surface area contributed by atoms with Crippen LogP contribution in [0.3, 0.4) is 0 Å². The summed E-state index contributed by atoms with van der Waals surface area (Å²) in [5.41, 5.74) is 0. The van der Waals surface area contributed by atoms with Gasteiger partial charge in [0.1, 0.15) is 0 Å². The van der Waals surface area contributed by atoms with Crippen molar-refractivity contribution in [2.45, 2.75) is 38.7 Å². The van der Waals surface area contributed by atoms with Crippen LogP contribution >= 0.6 is 0 Å². The molecular weight excluding hydrogens is 202 g/mol. The van der Waals surface area contributed by atoms with E-state index in [0.717, 1.165) is 32.4 Å². The van der Waals surface area contributed by atoms with Crippen LogP contribution in [-0.4, -0.2) is 42.9 Å². The minimum atomic E-state index is -2.87. The summed E-state index contributed by atoms with van der Waals surface area (Å²) in [5.74, 6) is -1.01. The van der Waals surface area contributed by atoms with Crippen molar-refractivity contribution in [3.63, 3.8) is 0 Å². The molecule has 1 saturated heterocycles. The highest BCUT2D eigenvalue weighted by Crippen LogP contribution is 2.15. The second kappa shape index (κ2) is 6.00. The van der Waals surface area contributed by atoms with Gasteiger partial charge in [-0.1, -0.05) is 6.92 Å². The van der Waals surface area contributed by atoms with E-state index in [4.69, 9.17) is 0 Å². The first-order valence-electron chi connectivity index (χ1n) is 5.46. The molecule has 0 aromatic carbocycles. The first-order chi connectivity index (χ1) is 7.16. The van der Waals surface area contributed by atoms with Crippen LogP contribution in [0.4, 0.5) is 8.78 Å². The van der Waals surface area contributed by atoms with Gasteiger partial charge in [-0.05, 0) is 32.4 Å². The summed E-state index contributed by atoms with van der Waals surface area (Å²) in [5, 5.41) is 3.15. The maximum Gasteiger partial charge on any atom is 0.315 e. The van der Waals surface area contributed by atoms with E-state index in [9.17, 15) is 13.6 Å². The Labute approximate surface area is 88.8 Å². The second-order valence-corrected chi connectivity index (χ2v) is 3.81. The van der Waals surface area contributed by atoms with Crippen molar-refractivity contribution in [3.05, 3.63) is 0 Å². The summed E-state index contributed by atoms with van der Waals surface area (Å²) < 4.78 is 24.7. The average molecular weight is 220 g/mol. The molecule has 1 aliphatic heterocycles. The summed E-state index contributed by atoms with van der Waals surface area (Å²) in [6.07, 6.45) is -0.592. The van der Waals surface area contributed by atoms with Crippen molar-refractivity contribution in [1.82, 2.24) is 10.2 Å². The largest absolute Gasteiger partial charge is 0.335 e. The minimum absolute atomic E-state index is 0.00676. The molecule has 3 nitrogen and oxygen atoms in total. The van der Waals surface area contributed by atoms with E-state index in [1.807, 2.05) is 6.92 Å². The van der Waals surface area contributed by atoms with Gasteiger partial charge in [0.05, 0.1) is 0 Å². The Bertz CT molecular complexity index is 206. The molecule has 88 valence electrons. The lowest BCUT2D eigenvalue weighted by Gasteiger charge is -2.34. The van der Waals surface area contributed by atoms with Gasteiger partial charge in [0.2, 0.25) is 0 Å². The number of nitrogens with one attached hydrogen (secondary N) is 1. The molecule has 0 aromatic rings. The van der Waals surface area contributed by atoms with Crippen molar-refractivity contribution in [3.8, 4) is 0 Å². The van der Waals surface area contributed by atoms with Gasteiger partial charge < -0.3 is 10.2 Å². The standard InChI is InChI=1S/C10H18F2N2O/c1-2-7-14(10(15)9(11)12)8-3-5-13-6-4-8/h8-9,13H,2-7H2,1H3. The van der Waals surface area contributed by atoms with Crippen molar-refractivity contribution < 1.29 is 13.6 Å². The number of halogens is 2. The van der Waals surface area contributed by atoms with Crippen LogP contribution in [0.5, 0.6) is 0 Å². The molecule has 15 heavy (non-hydrogen) atoms. The van der Waals surface area contributed by atoms with Crippen LogP contribution in [0.25, 0.3) is 0 Å². The topological polar surface area (TPSA) is 32.3 Å². The molecule has 1 fully saturated rings. The predicted octanol–water partition coefficient (Wildman–Crippen LogP) is 1.24. The van der Waals surface area contributed by atoms with Crippen LogP contribution in [0.2, 0.25) is 0 Å². The third kappa shape index (κ3) is 3.41. The summed E-state index contributed by atoms with van der Waals surface area (Å²) in [7, 11) is 0. The number of alkyl halides is 2. The van der Waals surface area contributed by atoms with Crippen LogP contribution < -0.4 is 5.32 Å². The Hall–Kier alpha value is -0.710. The zero-order valence-corrected chi connectivity index (χ0v) is 9.01. The molecule has 1 amide bonds. The fourth-order valence-electron chi connectivity index (χ4n) is 1.96. The fourth-order valence-corrected chi connectivity index (χ4v) is 1.96. The molecule has 0 atom stereocenters. The fraction of sp³-hybridized carbons (Fsp3) is 0.900. The zero-order chi connectivity index (χ0) is 11.3. The minimum Gasteiger partial charge on any atom is -0.335 e. The third-order valence-electron chi connectivity index (χ3n) is 2.68. The number of hydrogen-bond donors (Lipinski definition) is 1. The summed E-state index contributed by atoms with van der Waals surface area (Å²) >= 11 is 0. The maximum absolute atomic E-state index is 12.3. The number of nitrogens with zero attached hydrogens (tertiary/aromatic N) is 1. The van der Waals surface area contributed by atoms with E-state index in [2.05, 4.69) is 5.32 Å². The van der Waals surface area contributed by atoms with E-state index < -0.39 is 12.3 Å². The molecule has 1 rings (SSSR count). The van der Waals surface area contributed by atoms with Crippen molar-refractivity contribution in [2.24, 2.45) is 0 Å². The quantitative estimate of drug-likeness (QED) is 0.773. The number of hydrogen-bond acceptors (Lipinski definition) is 2. The van der Waals surface area contributed by atoms with E-state index in [-0.39, 0.29) is 6.04 Å². The lowest BCUT2D eigenvalue weighted by Crippen LogP contribution is -2.48. The van der Waals surface area contributed by atoms with E-state index in [0.29, 0.717) is 6.54 Å². The zero-order valence-electron chi connectivity index (χ0n) is 9.01. The van der Waals surface area contributed by atoms with Crippen LogP contribution in [0.1, 0.15) is 26.2 Å². The number of carbonyl (C=O) groups is 1. The molecule has 5 heteroatoms. The molecule has 0 bridgehead atoms. The molecule has 1 aliphatic rings. The smallest absolute Gasteiger partial charge is 0.315 e. The first-order valence-corrected chi connectivity index (χ1v) is 5.46. The second-order valence-electron chi connectivity index (χ2n) is 3.81. The van der Waals surface area contributed by atoms with E-state index >= 15 is 0 Å². The van der Waals surface area contributed by atoms with Crippen molar-refractivity contribution in [1.29, 1.82) is 0 Å². The SMILES string of the molecule is CCCN(C(=O)C(F)F)C1CCNCC1. The Morgan fingerprint density at radius 1 is 1.47 bits per heavy atom. The Balaban J connectivity index is 2.58. The molecule has 0 spiro atoms. The lowest BCUT2D eigenvalue weighted by molar-refractivity contribution is -0.145. The first kappa shape index (κ1) is 12.4. The normalized spacial score (nSPS) is 18.1. The Morgan fingerprint density at radius 2 is 2.07 bits per heavy atom. The summed E-state index contributed by atoms with van der Waals surface area (Å²) in [4.78, 5) is 12.6. The Morgan fingerprint density at radius 3 is 2.53 bits per heavy atom. The molecule has 0 aromatic heterocycles. The third-order valence-corrected chi connectivity index (χ3v) is 2.68. The Kier molecular flexibility index (Phi) is 4.94. The molecule has 0 radical (unpaired) electrons. The monoisotopic (exact) mass is 220 g/mol. The molecule has 0 saturated carbocycles. The number of rotatable bonds is 4. The highest BCUT2D eigenvalue weighted by atomic mass is 19.3.